The molecule has 0 atom stereocenters. The molecule has 1 saturated carbocycles. The summed E-state index contributed by atoms with van der Waals surface area (Å²) in [7, 11) is 0. The fourth-order valence-corrected chi connectivity index (χ4v) is 1.67. The van der Waals surface area contributed by atoms with Gasteiger partial charge in [-0.2, -0.15) is 0 Å². The third kappa shape index (κ3) is 1.70. The zero-order valence-electron chi connectivity index (χ0n) is 6.21. The molecule has 0 amide bonds. The highest BCUT2D eigenvalue weighted by Gasteiger charge is 2.21. The zero-order valence-corrected chi connectivity index (χ0v) is 7.03. The summed E-state index contributed by atoms with van der Waals surface area (Å²) in [4.78, 5) is 4.29. The molecule has 60 valence electrons. The highest BCUT2D eigenvalue weighted by Crippen LogP contribution is 2.26. The summed E-state index contributed by atoms with van der Waals surface area (Å²) in [5.74, 6) is 0. The van der Waals surface area contributed by atoms with Crippen molar-refractivity contribution in [2.75, 3.05) is 5.32 Å². The molecule has 3 nitrogen and oxygen atoms in total. The summed E-state index contributed by atoms with van der Waals surface area (Å²) in [6.07, 6.45) is 2.58. The SMILES string of the molecule is NCc1csc(NC2CC2)n1. The van der Waals surface area contributed by atoms with Crippen LogP contribution in [-0.4, -0.2) is 11.0 Å². The molecular formula is C7H11N3S. The van der Waals surface area contributed by atoms with Gasteiger partial charge in [-0.05, 0) is 12.8 Å². The molecule has 1 aliphatic rings. The predicted molar refractivity (Wildman–Crippen MR) is 46.7 cm³/mol. The molecule has 1 aliphatic carbocycles. The van der Waals surface area contributed by atoms with Gasteiger partial charge in [0.1, 0.15) is 0 Å². The number of hydrogen-bond acceptors (Lipinski definition) is 4. The molecule has 1 aromatic heterocycles. The second-order valence-corrected chi connectivity index (χ2v) is 3.62. The summed E-state index contributed by atoms with van der Waals surface area (Å²) in [6.45, 7) is 0.544. The van der Waals surface area contributed by atoms with Crippen molar-refractivity contribution in [3.63, 3.8) is 0 Å². The maximum atomic E-state index is 5.43. The van der Waals surface area contributed by atoms with Gasteiger partial charge in [0.2, 0.25) is 0 Å². The summed E-state index contributed by atoms with van der Waals surface area (Å²) < 4.78 is 0. The smallest absolute Gasteiger partial charge is 0.183 e. The maximum Gasteiger partial charge on any atom is 0.183 e. The highest BCUT2D eigenvalue weighted by molar-refractivity contribution is 7.13. The number of hydrogen-bond donors (Lipinski definition) is 2. The van der Waals surface area contributed by atoms with Gasteiger partial charge in [0.15, 0.2) is 5.13 Å². The average molecular weight is 169 g/mol. The number of aromatic nitrogens is 1. The molecule has 1 fully saturated rings. The third-order valence-corrected chi connectivity index (χ3v) is 2.49. The Morgan fingerprint density at radius 2 is 2.55 bits per heavy atom. The van der Waals surface area contributed by atoms with Gasteiger partial charge < -0.3 is 11.1 Å². The fraction of sp³-hybridized carbons (Fsp3) is 0.571. The van der Waals surface area contributed by atoms with E-state index in [9.17, 15) is 0 Å². The number of rotatable bonds is 3. The van der Waals surface area contributed by atoms with Crippen molar-refractivity contribution < 1.29 is 0 Å². The fourth-order valence-electron chi connectivity index (χ4n) is 0.869. The zero-order chi connectivity index (χ0) is 7.68. The normalized spacial score (nSPS) is 16.8. The van der Waals surface area contributed by atoms with E-state index >= 15 is 0 Å². The molecule has 0 radical (unpaired) electrons. The Bertz CT molecular complexity index is 242. The molecule has 1 aromatic rings. The molecule has 2 rings (SSSR count). The van der Waals surface area contributed by atoms with Crippen LogP contribution in [0.15, 0.2) is 5.38 Å². The lowest BCUT2D eigenvalue weighted by Gasteiger charge is -1.95. The summed E-state index contributed by atoms with van der Waals surface area (Å²) in [5, 5.41) is 6.35. The number of nitrogens with one attached hydrogen (secondary N) is 1. The van der Waals surface area contributed by atoms with E-state index in [0.29, 0.717) is 12.6 Å². The van der Waals surface area contributed by atoms with E-state index in [4.69, 9.17) is 5.73 Å². The minimum atomic E-state index is 0.544. The Hall–Kier alpha value is -0.610. The van der Waals surface area contributed by atoms with Gasteiger partial charge in [0, 0.05) is 18.0 Å². The maximum absolute atomic E-state index is 5.43. The van der Waals surface area contributed by atoms with E-state index in [0.717, 1.165) is 10.8 Å². The predicted octanol–water partition coefficient (Wildman–Crippen LogP) is 1.18. The molecular weight excluding hydrogens is 158 g/mol. The second-order valence-electron chi connectivity index (χ2n) is 2.77. The van der Waals surface area contributed by atoms with E-state index in [2.05, 4.69) is 10.3 Å². The lowest BCUT2D eigenvalue weighted by molar-refractivity contribution is 1.00. The van der Waals surface area contributed by atoms with Crippen LogP contribution in [0.5, 0.6) is 0 Å². The topological polar surface area (TPSA) is 50.9 Å². The quantitative estimate of drug-likeness (QED) is 0.714. The van der Waals surface area contributed by atoms with Gasteiger partial charge in [-0.15, -0.1) is 11.3 Å². The molecule has 0 unspecified atom stereocenters. The Balaban J connectivity index is 1.99. The van der Waals surface area contributed by atoms with Gasteiger partial charge in [0.25, 0.3) is 0 Å². The van der Waals surface area contributed by atoms with Gasteiger partial charge >= 0.3 is 0 Å². The largest absolute Gasteiger partial charge is 0.359 e. The number of thiazole rings is 1. The summed E-state index contributed by atoms with van der Waals surface area (Å²) >= 11 is 1.64. The Morgan fingerprint density at radius 3 is 3.09 bits per heavy atom. The minimum Gasteiger partial charge on any atom is -0.359 e. The summed E-state index contributed by atoms with van der Waals surface area (Å²) in [6, 6.07) is 0.687. The van der Waals surface area contributed by atoms with Crippen molar-refractivity contribution in [3.05, 3.63) is 11.1 Å². The van der Waals surface area contributed by atoms with Crippen molar-refractivity contribution in [2.24, 2.45) is 5.73 Å². The van der Waals surface area contributed by atoms with E-state index in [1.54, 1.807) is 11.3 Å². The Morgan fingerprint density at radius 1 is 1.73 bits per heavy atom. The Labute approximate surface area is 69.6 Å². The minimum absolute atomic E-state index is 0.544. The molecule has 0 saturated heterocycles. The van der Waals surface area contributed by atoms with Crippen molar-refractivity contribution in [1.29, 1.82) is 0 Å². The number of anilines is 1. The van der Waals surface area contributed by atoms with Gasteiger partial charge in [-0.25, -0.2) is 4.98 Å². The molecule has 0 aromatic carbocycles. The van der Waals surface area contributed by atoms with Crippen molar-refractivity contribution >= 4 is 16.5 Å². The molecule has 0 spiro atoms. The monoisotopic (exact) mass is 169 g/mol. The molecule has 1 heterocycles. The first kappa shape index (κ1) is 7.06. The summed E-state index contributed by atoms with van der Waals surface area (Å²) in [5.41, 5.74) is 6.41. The van der Waals surface area contributed by atoms with Gasteiger partial charge in [0.05, 0.1) is 5.69 Å². The molecule has 0 bridgehead atoms. The lowest BCUT2D eigenvalue weighted by Crippen LogP contribution is -2.01. The number of nitrogens with two attached hydrogens (primary N) is 1. The van der Waals surface area contributed by atoms with Gasteiger partial charge in [-0.1, -0.05) is 0 Å². The van der Waals surface area contributed by atoms with E-state index < -0.39 is 0 Å². The third-order valence-electron chi connectivity index (χ3n) is 1.67. The van der Waals surface area contributed by atoms with Crippen LogP contribution in [0.25, 0.3) is 0 Å². The van der Waals surface area contributed by atoms with Crippen LogP contribution in [-0.2, 0) is 6.54 Å². The van der Waals surface area contributed by atoms with Gasteiger partial charge in [-0.3, -0.25) is 0 Å². The van der Waals surface area contributed by atoms with E-state index in [-0.39, 0.29) is 0 Å². The van der Waals surface area contributed by atoms with Crippen LogP contribution in [0.2, 0.25) is 0 Å². The first-order valence-electron chi connectivity index (χ1n) is 3.79. The number of nitrogens with zero attached hydrogens (tertiary/aromatic N) is 1. The van der Waals surface area contributed by atoms with Crippen LogP contribution in [0.1, 0.15) is 18.5 Å². The van der Waals surface area contributed by atoms with E-state index in [1.807, 2.05) is 5.38 Å². The molecule has 0 aliphatic heterocycles. The first-order valence-corrected chi connectivity index (χ1v) is 4.67. The standard InChI is InChI=1S/C7H11N3S/c8-3-6-4-11-7(10-6)9-5-1-2-5/h4-5H,1-3,8H2,(H,9,10). The highest BCUT2D eigenvalue weighted by atomic mass is 32.1. The average Bonchev–Trinajstić information content (AvgIpc) is 2.68. The van der Waals surface area contributed by atoms with Crippen molar-refractivity contribution in [2.45, 2.75) is 25.4 Å². The first-order chi connectivity index (χ1) is 5.38. The van der Waals surface area contributed by atoms with Crippen LogP contribution in [0.3, 0.4) is 0 Å². The van der Waals surface area contributed by atoms with Crippen molar-refractivity contribution in [3.8, 4) is 0 Å². The molecule has 11 heavy (non-hydrogen) atoms. The van der Waals surface area contributed by atoms with Crippen LogP contribution < -0.4 is 11.1 Å². The lowest BCUT2D eigenvalue weighted by atomic mass is 10.5. The van der Waals surface area contributed by atoms with Crippen LogP contribution in [0, 0.1) is 0 Å². The van der Waals surface area contributed by atoms with Crippen LogP contribution >= 0.6 is 11.3 Å². The second kappa shape index (κ2) is 2.79. The van der Waals surface area contributed by atoms with Crippen LogP contribution in [0.4, 0.5) is 5.13 Å². The van der Waals surface area contributed by atoms with E-state index in [1.165, 1.54) is 12.8 Å². The van der Waals surface area contributed by atoms with Crippen molar-refractivity contribution in [1.82, 2.24) is 4.98 Å². The molecule has 3 N–H and O–H groups in total. The Kier molecular flexibility index (Phi) is 1.79. The molecule has 4 heteroatoms.